The first kappa shape index (κ1) is 22.8. The number of aromatic nitrogens is 4. The van der Waals surface area contributed by atoms with E-state index in [4.69, 9.17) is 0 Å². The number of hydrogen-bond donors (Lipinski definition) is 0. The van der Waals surface area contributed by atoms with Gasteiger partial charge >= 0.3 is 0 Å². The van der Waals surface area contributed by atoms with E-state index in [2.05, 4.69) is 41.5 Å². The van der Waals surface area contributed by atoms with Crippen LogP contribution in [0.1, 0.15) is 54.2 Å². The third-order valence-corrected chi connectivity index (χ3v) is 6.30. The molecule has 1 atom stereocenters. The number of carbonyl (C=O) groups excluding carboxylic acids is 2. The molecule has 0 radical (unpaired) electrons. The average molecular weight is 446 g/mol. The minimum absolute atomic E-state index is 0.00455. The molecule has 172 valence electrons. The number of carbonyl (C=O) groups is 2. The van der Waals surface area contributed by atoms with Gasteiger partial charge in [0.05, 0.1) is 0 Å². The van der Waals surface area contributed by atoms with Crippen LogP contribution in [0.4, 0.5) is 0 Å². The third kappa shape index (κ3) is 5.72. The van der Waals surface area contributed by atoms with E-state index in [0.29, 0.717) is 38.3 Å². The second-order valence-electron chi connectivity index (χ2n) is 9.25. The molecule has 2 heterocycles. The first-order chi connectivity index (χ1) is 16.0. The number of likely N-dealkylation sites (tertiary alicyclic amines) is 1. The van der Waals surface area contributed by atoms with Crippen LogP contribution in [0.25, 0.3) is 0 Å². The summed E-state index contributed by atoms with van der Waals surface area (Å²) in [5.74, 6) is 0.715. The number of ketones is 1. The highest BCUT2D eigenvalue weighted by atomic mass is 16.2. The van der Waals surface area contributed by atoms with Gasteiger partial charge in [-0.2, -0.15) is 0 Å². The molecule has 0 N–H and O–H groups in total. The van der Waals surface area contributed by atoms with Crippen LogP contribution < -0.4 is 0 Å². The number of nitrogens with zero attached hydrogens (tertiary/aromatic N) is 5. The van der Waals surface area contributed by atoms with E-state index in [-0.39, 0.29) is 17.6 Å². The van der Waals surface area contributed by atoms with Gasteiger partial charge in [-0.15, -0.1) is 5.10 Å². The van der Waals surface area contributed by atoms with Gasteiger partial charge in [0, 0.05) is 31.0 Å². The van der Waals surface area contributed by atoms with Crippen molar-refractivity contribution in [2.24, 2.45) is 11.8 Å². The average Bonchev–Trinajstić information content (AvgIpc) is 3.37. The maximum Gasteiger partial charge on any atom is 0.247 e. The Labute approximate surface area is 194 Å². The summed E-state index contributed by atoms with van der Waals surface area (Å²) in [5, 5.41) is 11.4. The van der Waals surface area contributed by atoms with Crippen molar-refractivity contribution in [3.05, 3.63) is 77.6 Å². The summed E-state index contributed by atoms with van der Waals surface area (Å²) in [6.45, 7) is 5.51. The van der Waals surface area contributed by atoms with Crippen LogP contribution in [0, 0.1) is 11.8 Å². The SMILES string of the molecule is CC(C)Cc1ccc(C(=O)C2CCN(C(=O)[C@@H](Cc3ccccc3)n3cnnn3)CC2)cc1. The lowest BCUT2D eigenvalue weighted by Gasteiger charge is -2.33. The van der Waals surface area contributed by atoms with Crippen molar-refractivity contribution in [1.29, 1.82) is 0 Å². The summed E-state index contributed by atoms with van der Waals surface area (Å²) < 4.78 is 1.53. The molecule has 1 aromatic heterocycles. The minimum Gasteiger partial charge on any atom is -0.341 e. The predicted molar refractivity (Wildman–Crippen MR) is 126 cm³/mol. The molecule has 0 bridgehead atoms. The molecule has 7 heteroatoms. The fraction of sp³-hybridized carbons (Fsp3) is 0.423. The van der Waals surface area contributed by atoms with Gasteiger partial charge in [-0.1, -0.05) is 68.4 Å². The van der Waals surface area contributed by atoms with Crippen molar-refractivity contribution in [2.45, 2.75) is 45.6 Å². The van der Waals surface area contributed by atoms with Gasteiger partial charge in [0.15, 0.2) is 5.78 Å². The zero-order valence-electron chi connectivity index (χ0n) is 19.3. The Morgan fingerprint density at radius 1 is 0.939 bits per heavy atom. The topological polar surface area (TPSA) is 81.0 Å². The Kier molecular flexibility index (Phi) is 7.27. The second-order valence-corrected chi connectivity index (χ2v) is 9.25. The molecule has 4 rings (SSSR count). The quantitative estimate of drug-likeness (QED) is 0.493. The molecular formula is C26H31N5O2. The van der Waals surface area contributed by atoms with Gasteiger partial charge in [-0.05, 0) is 46.7 Å². The molecule has 2 aromatic carbocycles. The third-order valence-electron chi connectivity index (χ3n) is 6.30. The minimum atomic E-state index is -0.497. The normalized spacial score (nSPS) is 15.5. The first-order valence-corrected chi connectivity index (χ1v) is 11.7. The van der Waals surface area contributed by atoms with Crippen LogP contribution in [0.3, 0.4) is 0 Å². The maximum atomic E-state index is 13.4. The number of piperidine rings is 1. The van der Waals surface area contributed by atoms with Crippen LogP contribution in [-0.2, 0) is 17.6 Å². The summed E-state index contributed by atoms with van der Waals surface area (Å²) in [6.07, 6.45) is 4.37. The zero-order valence-corrected chi connectivity index (χ0v) is 19.3. The summed E-state index contributed by atoms with van der Waals surface area (Å²) in [7, 11) is 0. The van der Waals surface area contributed by atoms with Crippen LogP contribution in [-0.4, -0.2) is 49.9 Å². The Bertz CT molecular complexity index is 1040. The van der Waals surface area contributed by atoms with Crippen LogP contribution in [0.15, 0.2) is 60.9 Å². The monoisotopic (exact) mass is 445 g/mol. The first-order valence-electron chi connectivity index (χ1n) is 11.7. The standard InChI is InChI=1S/C26H31N5O2/c1-19(2)16-21-8-10-22(11-9-21)25(32)23-12-14-30(15-13-23)26(33)24(31-18-27-28-29-31)17-20-6-4-3-5-7-20/h3-11,18-19,23-24H,12-17H2,1-2H3/t24-/m1/s1. The fourth-order valence-electron chi connectivity index (χ4n) is 4.53. The molecule has 0 spiro atoms. The molecular weight excluding hydrogens is 414 g/mol. The van der Waals surface area contributed by atoms with Gasteiger partial charge < -0.3 is 4.90 Å². The van der Waals surface area contributed by atoms with Crippen LogP contribution in [0.5, 0.6) is 0 Å². The van der Waals surface area contributed by atoms with Crippen molar-refractivity contribution < 1.29 is 9.59 Å². The second kappa shape index (κ2) is 10.5. The largest absolute Gasteiger partial charge is 0.341 e. The number of rotatable bonds is 8. The van der Waals surface area contributed by atoms with Crippen LogP contribution >= 0.6 is 0 Å². The van der Waals surface area contributed by atoms with Gasteiger partial charge in [-0.25, -0.2) is 4.68 Å². The van der Waals surface area contributed by atoms with E-state index in [0.717, 1.165) is 17.5 Å². The molecule has 0 saturated carbocycles. The van der Waals surface area contributed by atoms with Gasteiger partial charge in [0.2, 0.25) is 5.91 Å². The number of Topliss-reactive ketones (excluding diaryl/α,β-unsaturated/α-hetero) is 1. The molecule has 0 aliphatic carbocycles. The highest BCUT2D eigenvalue weighted by Crippen LogP contribution is 2.25. The van der Waals surface area contributed by atoms with E-state index in [1.54, 1.807) is 0 Å². The highest BCUT2D eigenvalue weighted by Gasteiger charge is 2.32. The molecule has 3 aromatic rings. The molecule has 1 fully saturated rings. The number of benzene rings is 2. The molecule has 1 saturated heterocycles. The van der Waals surface area contributed by atoms with E-state index in [1.807, 2.05) is 47.4 Å². The van der Waals surface area contributed by atoms with E-state index in [9.17, 15) is 9.59 Å². The lowest BCUT2D eigenvalue weighted by atomic mass is 9.88. The van der Waals surface area contributed by atoms with E-state index in [1.165, 1.54) is 16.6 Å². The molecule has 1 aliphatic rings. The smallest absolute Gasteiger partial charge is 0.247 e. The van der Waals surface area contributed by atoms with Crippen molar-refractivity contribution in [3.63, 3.8) is 0 Å². The summed E-state index contributed by atoms with van der Waals surface area (Å²) in [4.78, 5) is 28.3. The molecule has 33 heavy (non-hydrogen) atoms. The van der Waals surface area contributed by atoms with Crippen molar-refractivity contribution in [1.82, 2.24) is 25.1 Å². The predicted octanol–water partition coefficient (Wildman–Crippen LogP) is 3.78. The Hall–Kier alpha value is -3.35. The maximum absolute atomic E-state index is 13.4. The number of hydrogen-bond acceptors (Lipinski definition) is 5. The van der Waals surface area contributed by atoms with Gasteiger partial charge in [0.1, 0.15) is 12.4 Å². The molecule has 7 nitrogen and oxygen atoms in total. The van der Waals surface area contributed by atoms with Crippen molar-refractivity contribution >= 4 is 11.7 Å². The summed E-state index contributed by atoms with van der Waals surface area (Å²) in [6, 6.07) is 17.4. The summed E-state index contributed by atoms with van der Waals surface area (Å²) in [5.41, 5.74) is 3.08. The lowest BCUT2D eigenvalue weighted by molar-refractivity contribution is -0.136. The lowest BCUT2D eigenvalue weighted by Crippen LogP contribution is -2.44. The summed E-state index contributed by atoms with van der Waals surface area (Å²) >= 11 is 0. The Morgan fingerprint density at radius 3 is 2.21 bits per heavy atom. The molecule has 1 aliphatic heterocycles. The number of amides is 1. The van der Waals surface area contributed by atoms with E-state index < -0.39 is 6.04 Å². The fourth-order valence-corrected chi connectivity index (χ4v) is 4.53. The van der Waals surface area contributed by atoms with Crippen LogP contribution in [0.2, 0.25) is 0 Å². The van der Waals surface area contributed by atoms with Crippen molar-refractivity contribution in [3.8, 4) is 0 Å². The zero-order chi connectivity index (χ0) is 23.2. The Balaban J connectivity index is 1.38. The Morgan fingerprint density at radius 2 is 1.61 bits per heavy atom. The molecule has 0 unspecified atom stereocenters. The molecule has 1 amide bonds. The van der Waals surface area contributed by atoms with Gasteiger partial charge in [-0.3, -0.25) is 9.59 Å². The van der Waals surface area contributed by atoms with Gasteiger partial charge in [0.25, 0.3) is 0 Å². The number of tetrazole rings is 1. The van der Waals surface area contributed by atoms with Crippen molar-refractivity contribution in [2.75, 3.05) is 13.1 Å². The van der Waals surface area contributed by atoms with E-state index >= 15 is 0 Å². The highest BCUT2D eigenvalue weighted by molar-refractivity contribution is 5.98.